The molecule has 1 saturated heterocycles. The summed E-state index contributed by atoms with van der Waals surface area (Å²) in [6, 6.07) is 12.7. The molecule has 3 rings (SSSR count). The monoisotopic (exact) mass is 404 g/mol. The Kier molecular flexibility index (Phi) is 7.42. The lowest BCUT2D eigenvalue weighted by molar-refractivity contribution is -0.904. The number of piperidine rings is 1. The Morgan fingerprint density at radius 1 is 0.964 bits per heavy atom. The molecule has 0 saturated carbocycles. The van der Waals surface area contributed by atoms with Gasteiger partial charge in [0.2, 0.25) is 15.9 Å². The van der Waals surface area contributed by atoms with Crippen molar-refractivity contribution in [1.29, 1.82) is 0 Å². The van der Waals surface area contributed by atoms with Gasteiger partial charge in [-0.3, -0.25) is 4.79 Å². The van der Waals surface area contributed by atoms with Gasteiger partial charge in [-0.1, -0.05) is 30.3 Å². The standard InChI is InChI=1S/C21H29N3O3S/c25-21(22-12-6-16-24-14-4-1-5-15-24)11-13-23-28(26,27)20-10-9-18-7-2-3-8-19(18)17-20/h2-3,7-10,17,23H,1,4-6,11-16H2,(H,22,25)/p+1. The van der Waals surface area contributed by atoms with E-state index in [-0.39, 0.29) is 23.8 Å². The van der Waals surface area contributed by atoms with Crippen LogP contribution in [-0.4, -0.2) is 47.0 Å². The molecule has 1 heterocycles. The Morgan fingerprint density at radius 2 is 1.71 bits per heavy atom. The quantitative estimate of drug-likeness (QED) is 0.547. The van der Waals surface area contributed by atoms with Crippen molar-refractivity contribution in [2.24, 2.45) is 0 Å². The van der Waals surface area contributed by atoms with E-state index in [0.717, 1.165) is 23.7 Å². The number of fused-ring (bicyclic) bond motifs is 1. The Bertz CT molecular complexity index is 893. The Morgan fingerprint density at radius 3 is 2.50 bits per heavy atom. The van der Waals surface area contributed by atoms with Crippen molar-refractivity contribution in [3.63, 3.8) is 0 Å². The van der Waals surface area contributed by atoms with E-state index in [1.807, 2.05) is 24.3 Å². The summed E-state index contributed by atoms with van der Waals surface area (Å²) >= 11 is 0. The number of amides is 1. The topological polar surface area (TPSA) is 79.7 Å². The van der Waals surface area contributed by atoms with Gasteiger partial charge in [0.05, 0.1) is 24.5 Å². The molecule has 0 aliphatic carbocycles. The van der Waals surface area contributed by atoms with E-state index in [9.17, 15) is 13.2 Å². The van der Waals surface area contributed by atoms with E-state index in [2.05, 4.69) is 10.0 Å². The van der Waals surface area contributed by atoms with E-state index >= 15 is 0 Å². The van der Waals surface area contributed by atoms with Crippen LogP contribution in [0.15, 0.2) is 47.4 Å². The first kappa shape index (κ1) is 20.8. The van der Waals surface area contributed by atoms with Crippen molar-refractivity contribution in [3.8, 4) is 0 Å². The van der Waals surface area contributed by atoms with E-state index < -0.39 is 10.0 Å². The van der Waals surface area contributed by atoms with Crippen LogP contribution in [0.1, 0.15) is 32.1 Å². The average molecular weight is 405 g/mol. The van der Waals surface area contributed by atoms with Gasteiger partial charge in [0, 0.05) is 25.9 Å². The molecular weight excluding hydrogens is 374 g/mol. The maximum absolute atomic E-state index is 12.4. The zero-order valence-electron chi connectivity index (χ0n) is 16.2. The second kappa shape index (κ2) is 10.0. The minimum absolute atomic E-state index is 0.0956. The summed E-state index contributed by atoms with van der Waals surface area (Å²) in [6.07, 6.45) is 5.06. The first-order valence-electron chi connectivity index (χ1n) is 10.1. The zero-order chi connectivity index (χ0) is 19.8. The summed E-state index contributed by atoms with van der Waals surface area (Å²) in [6.45, 7) is 4.32. The summed E-state index contributed by atoms with van der Waals surface area (Å²) in [5.74, 6) is -0.116. The zero-order valence-corrected chi connectivity index (χ0v) is 17.1. The minimum Gasteiger partial charge on any atom is -0.356 e. The molecule has 1 aliphatic rings. The van der Waals surface area contributed by atoms with Gasteiger partial charge in [-0.25, -0.2) is 13.1 Å². The van der Waals surface area contributed by atoms with Crippen LogP contribution < -0.4 is 14.9 Å². The van der Waals surface area contributed by atoms with E-state index in [0.29, 0.717) is 6.54 Å². The van der Waals surface area contributed by atoms with Crippen LogP contribution in [0.3, 0.4) is 0 Å². The highest BCUT2D eigenvalue weighted by Crippen LogP contribution is 2.18. The smallest absolute Gasteiger partial charge is 0.240 e. The van der Waals surface area contributed by atoms with Gasteiger partial charge in [-0.2, -0.15) is 0 Å². The first-order valence-corrected chi connectivity index (χ1v) is 11.6. The maximum atomic E-state index is 12.4. The van der Waals surface area contributed by atoms with Crippen LogP contribution in [0.4, 0.5) is 0 Å². The number of quaternary nitrogens is 1. The first-order chi connectivity index (χ1) is 13.5. The van der Waals surface area contributed by atoms with Gasteiger partial charge < -0.3 is 10.2 Å². The van der Waals surface area contributed by atoms with Crippen LogP contribution in [0.2, 0.25) is 0 Å². The predicted molar refractivity (Wildman–Crippen MR) is 111 cm³/mol. The number of sulfonamides is 1. The van der Waals surface area contributed by atoms with Crippen molar-refractivity contribution in [2.45, 2.75) is 37.0 Å². The summed E-state index contributed by atoms with van der Waals surface area (Å²) in [7, 11) is -3.62. The lowest BCUT2D eigenvalue weighted by Crippen LogP contribution is -3.12. The molecular formula is C21H30N3O3S+. The van der Waals surface area contributed by atoms with Crippen molar-refractivity contribution >= 4 is 26.7 Å². The minimum atomic E-state index is -3.62. The van der Waals surface area contributed by atoms with E-state index in [1.54, 1.807) is 23.1 Å². The number of likely N-dealkylation sites (tertiary alicyclic amines) is 1. The number of carbonyl (C=O) groups excluding carboxylic acids is 1. The summed E-state index contributed by atoms with van der Waals surface area (Å²) < 4.78 is 27.4. The van der Waals surface area contributed by atoms with Crippen LogP contribution >= 0.6 is 0 Å². The predicted octanol–water partition coefficient (Wildman–Crippen LogP) is 1.08. The molecule has 0 bridgehead atoms. The van der Waals surface area contributed by atoms with Gasteiger partial charge in [-0.15, -0.1) is 0 Å². The van der Waals surface area contributed by atoms with Crippen molar-refractivity contribution in [3.05, 3.63) is 42.5 Å². The molecule has 7 heteroatoms. The van der Waals surface area contributed by atoms with Gasteiger partial charge in [0.25, 0.3) is 0 Å². The largest absolute Gasteiger partial charge is 0.356 e. The van der Waals surface area contributed by atoms with Crippen LogP contribution in [-0.2, 0) is 14.8 Å². The fraction of sp³-hybridized carbons (Fsp3) is 0.476. The van der Waals surface area contributed by atoms with Crippen molar-refractivity contribution < 1.29 is 18.1 Å². The van der Waals surface area contributed by atoms with E-state index in [1.165, 1.54) is 32.4 Å². The molecule has 1 aliphatic heterocycles. The van der Waals surface area contributed by atoms with Crippen LogP contribution in [0.25, 0.3) is 10.8 Å². The molecule has 1 amide bonds. The number of hydrogen-bond acceptors (Lipinski definition) is 3. The fourth-order valence-electron chi connectivity index (χ4n) is 3.67. The molecule has 1 fully saturated rings. The number of benzene rings is 2. The van der Waals surface area contributed by atoms with Gasteiger partial charge in [0.1, 0.15) is 0 Å². The molecule has 152 valence electrons. The van der Waals surface area contributed by atoms with E-state index in [4.69, 9.17) is 0 Å². The van der Waals surface area contributed by atoms with Gasteiger partial charge >= 0.3 is 0 Å². The molecule has 0 atom stereocenters. The Hall–Kier alpha value is -1.96. The molecule has 3 N–H and O–H groups in total. The lowest BCUT2D eigenvalue weighted by atomic mass is 10.1. The summed E-state index contributed by atoms with van der Waals surface area (Å²) in [5, 5.41) is 4.75. The molecule has 0 unspecified atom stereocenters. The van der Waals surface area contributed by atoms with Crippen LogP contribution in [0.5, 0.6) is 0 Å². The average Bonchev–Trinajstić information content (AvgIpc) is 2.71. The second-order valence-electron chi connectivity index (χ2n) is 7.42. The third kappa shape index (κ3) is 6.02. The normalized spacial score (nSPS) is 15.6. The molecule has 0 spiro atoms. The third-order valence-corrected chi connectivity index (χ3v) is 6.72. The highest BCUT2D eigenvalue weighted by atomic mass is 32.2. The number of nitrogens with one attached hydrogen (secondary N) is 3. The van der Waals surface area contributed by atoms with Crippen LogP contribution in [0, 0.1) is 0 Å². The molecule has 0 radical (unpaired) electrons. The molecule has 6 nitrogen and oxygen atoms in total. The summed E-state index contributed by atoms with van der Waals surface area (Å²) in [4.78, 5) is 13.8. The second-order valence-corrected chi connectivity index (χ2v) is 9.19. The van der Waals surface area contributed by atoms with Crippen molar-refractivity contribution in [1.82, 2.24) is 10.0 Å². The molecule has 0 aromatic heterocycles. The maximum Gasteiger partial charge on any atom is 0.240 e. The molecule has 2 aromatic carbocycles. The molecule has 28 heavy (non-hydrogen) atoms. The Balaban J connectivity index is 1.38. The highest BCUT2D eigenvalue weighted by Gasteiger charge is 2.15. The molecule has 2 aromatic rings. The van der Waals surface area contributed by atoms with Crippen molar-refractivity contribution in [2.75, 3.05) is 32.7 Å². The van der Waals surface area contributed by atoms with Gasteiger partial charge in [0.15, 0.2) is 0 Å². The SMILES string of the molecule is O=C(CCNS(=O)(=O)c1ccc2ccccc2c1)NCCC[NH+]1CCCCC1. The lowest BCUT2D eigenvalue weighted by Gasteiger charge is -2.23. The summed E-state index contributed by atoms with van der Waals surface area (Å²) in [5.41, 5.74) is 0. The highest BCUT2D eigenvalue weighted by molar-refractivity contribution is 7.89. The number of rotatable bonds is 9. The number of carbonyl (C=O) groups is 1. The third-order valence-electron chi connectivity index (χ3n) is 5.27. The number of hydrogen-bond donors (Lipinski definition) is 3. The Labute approximate surface area is 167 Å². The van der Waals surface area contributed by atoms with Gasteiger partial charge in [-0.05, 0) is 42.2 Å². The fourth-order valence-corrected chi connectivity index (χ4v) is 4.74.